The van der Waals surface area contributed by atoms with Crippen molar-refractivity contribution in [2.45, 2.75) is 269 Å². The summed E-state index contributed by atoms with van der Waals surface area (Å²) in [5.41, 5.74) is 0.603. The average Bonchev–Trinajstić information content (AvgIpc) is 3.47. The molecule has 4 bridgehead atoms. The molecule has 8 aliphatic rings. The zero-order valence-corrected chi connectivity index (χ0v) is 46.6. The van der Waals surface area contributed by atoms with Gasteiger partial charge in [-0.05, 0) is 235 Å². The van der Waals surface area contributed by atoms with Crippen molar-refractivity contribution in [3.63, 3.8) is 0 Å². The van der Waals surface area contributed by atoms with Gasteiger partial charge in [0.05, 0.1) is 19.3 Å². The summed E-state index contributed by atoms with van der Waals surface area (Å²) >= 11 is 0. The number of hydrogen-bond acceptors (Lipinski definition) is 8. The van der Waals surface area contributed by atoms with Gasteiger partial charge in [0.15, 0.2) is 0 Å². The summed E-state index contributed by atoms with van der Waals surface area (Å²) in [7, 11) is 0. The lowest BCUT2D eigenvalue weighted by Crippen LogP contribution is -2.46. The molecule has 5 unspecified atom stereocenters. The Kier molecular flexibility index (Phi) is 29.9. The predicted octanol–water partition coefficient (Wildman–Crippen LogP) is 12.4. The molecule has 8 fully saturated rings. The second-order valence-corrected chi connectivity index (χ2v) is 25.1. The first kappa shape index (κ1) is 61.8. The Bertz CT molecular complexity index is 1150. The van der Waals surface area contributed by atoms with E-state index in [1.54, 1.807) is 0 Å². The highest BCUT2D eigenvalue weighted by atomic mass is 16.5. The molecule has 1 N–H and O–H groups in total. The normalized spacial score (nSPS) is 30.4. The number of rotatable bonds is 6. The fourth-order valence-electron chi connectivity index (χ4n) is 12.1. The molecule has 394 valence electrons. The standard InChI is InChI=1S/C11H21N.C10H19N.C10H21N.2C9H19N.C8H17NO2.CH4/c1-8(2)12-10-4-5-11(12)7-9(3)6-10;1-8(2)11-6-9-3-4-10(5-9)7-11;1-9(2)11-7-5-10(3,4)6-8-11;1-8(2)10-6-4-9(3)5-7-10;1-9(2)10-7-5-3-4-6-8-10;1-7(2)9-3-4-11-6-8(10)5-9;/h8-11H,4-7H2,1-3H3;8-10H,3-7H2,1-2H3;9H,5-8H2,1-4H3;8-9H,4-7H2,1-3H3;9H,3-8H2,1-2H3;7-8,10H,3-6H2,1-2H3;1H4. The van der Waals surface area contributed by atoms with Crippen LogP contribution in [0, 0.1) is 29.1 Å². The maximum Gasteiger partial charge on any atom is 0.0900 e. The van der Waals surface area contributed by atoms with Gasteiger partial charge in [-0.3, -0.25) is 9.80 Å². The van der Waals surface area contributed by atoms with Crippen molar-refractivity contribution in [2.75, 3.05) is 78.7 Å². The van der Waals surface area contributed by atoms with Crippen LogP contribution in [0.5, 0.6) is 0 Å². The molecule has 66 heavy (non-hydrogen) atoms. The van der Waals surface area contributed by atoms with Gasteiger partial charge in [-0.25, -0.2) is 0 Å². The van der Waals surface area contributed by atoms with E-state index in [0.717, 1.165) is 85.7 Å². The third-order valence-electron chi connectivity index (χ3n) is 16.8. The molecule has 0 radical (unpaired) electrons. The zero-order valence-electron chi connectivity index (χ0n) is 46.6. The Hall–Kier alpha value is -0.320. The van der Waals surface area contributed by atoms with Gasteiger partial charge in [0.1, 0.15) is 0 Å². The van der Waals surface area contributed by atoms with Crippen LogP contribution >= 0.6 is 0 Å². The molecule has 0 spiro atoms. The summed E-state index contributed by atoms with van der Waals surface area (Å²) < 4.78 is 5.20. The minimum Gasteiger partial charge on any atom is -0.389 e. The maximum absolute atomic E-state index is 9.34. The fourth-order valence-corrected chi connectivity index (χ4v) is 12.1. The molecule has 8 heteroatoms. The number of aliphatic hydroxyl groups is 1. The Balaban J connectivity index is 0.000000272. The molecule has 0 amide bonds. The van der Waals surface area contributed by atoms with Crippen LogP contribution in [0.15, 0.2) is 0 Å². The lowest BCUT2D eigenvalue weighted by molar-refractivity contribution is 0.0552. The second kappa shape index (κ2) is 31.9. The largest absolute Gasteiger partial charge is 0.389 e. The molecule has 0 aromatic carbocycles. The van der Waals surface area contributed by atoms with Gasteiger partial charge in [-0.1, -0.05) is 48.0 Å². The number of nitrogens with zero attached hydrogens (tertiary/aromatic N) is 6. The van der Waals surface area contributed by atoms with Crippen molar-refractivity contribution in [3.8, 4) is 0 Å². The van der Waals surface area contributed by atoms with Crippen LogP contribution < -0.4 is 0 Å². The van der Waals surface area contributed by atoms with Crippen LogP contribution in [0.2, 0.25) is 0 Å². The van der Waals surface area contributed by atoms with Crippen LogP contribution in [0.3, 0.4) is 0 Å². The van der Waals surface area contributed by atoms with Crippen LogP contribution in [0.25, 0.3) is 0 Å². The fraction of sp³-hybridized carbons (Fsp3) is 1.00. The van der Waals surface area contributed by atoms with Crippen LogP contribution in [0.4, 0.5) is 0 Å². The van der Waals surface area contributed by atoms with Gasteiger partial charge in [0.2, 0.25) is 0 Å². The predicted molar refractivity (Wildman–Crippen MR) is 290 cm³/mol. The minimum absolute atomic E-state index is 0. The van der Waals surface area contributed by atoms with E-state index >= 15 is 0 Å². The van der Waals surface area contributed by atoms with E-state index in [2.05, 4.69) is 140 Å². The minimum atomic E-state index is -0.306. The Morgan fingerprint density at radius 3 is 1.33 bits per heavy atom. The SMILES string of the molecule is C.CC(C)N1CC2CCC(C2)C1.CC(C)N1CCC(C)(C)CC1.CC(C)N1CCCCCC1.CC(C)N1CCOCC(O)C1.CC1CC2CCC(C1)N2C(C)C.CC1CCN(C(C)C)CC1. The van der Waals surface area contributed by atoms with Crippen molar-refractivity contribution in [3.05, 3.63) is 0 Å². The second-order valence-electron chi connectivity index (χ2n) is 25.1. The van der Waals surface area contributed by atoms with E-state index in [0.29, 0.717) is 18.1 Å². The van der Waals surface area contributed by atoms with Crippen molar-refractivity contribution in [1.82, 2.24) is 29.4 Å². The summed E-state index contributed by atoms with van der Waals surface area (Å²) in [6.07, 6.45) is 21.3. The number of piperidine rings is 4. The maximum atomic E-state index is 9.34. The number of fused-ring (bicyclic) bond motifs is 4. The lowest BCUT2D eigenvalue weighted by Gasteiger charge is -2.40. The van der Waals surface area contributed by atoms with E-state index in [4.69, 9.17) is 4.74 Å². The first-order valence-corrected chi connectivity index (χ1v) is 28.4. The van der Waals surface area contributed by atoms with Crippen molar-refractivity contribution in [1.29, 1.82) is 0 Å². The number of β-amino-alcohol motifs (C(OH)–C–C–N with tert-alkyl or cyclic N) is 1. The molecule has 7 heterocycles. The van der Waals surface area contributed by atoms with Crippen molar-refractivity contribution in [2.24, 2.45) is 29.1 Å². The van der Waals surface area contributed by atoms with Crippen LogP contribution in [-0.2, 0) is 4.74 Å². The van der Waals surface area contributed by atoms with Crippen molar-refractivity contribution < 1.29 is 9.84 Å². The highest BCUT2D eigenvalue weighted by Gasteiger charge is 2.40. The Labute approximate surface area is 414 Å². The number of hydrogen-bond donors (Lipinski definition) is 1. The summed E-state index contributed by atoms with van der Waals surface area (Å²) in [6, 6.07) is 6.17. The van der Waals surface area contributed by atoms with Gasteiger partial charge in [-0.15, -0.1) is 0 Å². The van der Waals surface area contributed by atoms with Gasteiger partial charge < -0.3 is 29.4 Å². The van der Waals surface area contributed by atoms with Gasteiger partial charge in [0, 0.05) is 74.5 Å². The zero-order chi connectivity index (χ0) is 48.3. The number of likely N-dealkylation sites (tertiary alicyclic amines) is 4. The number of aliphatic hydroxyl groups excluding tert-OH is 1. The molecule has 8 nitrogen and oxygen atoms in total. The molecule has 7 aliphatic heterocycles. The quantitative estimate of drug-likeness (QED) is 0.283. The van der Waals surface area contributed by atoms with E-state index in [1.807, 2.05) is 0 Å². The van der Waals surface area contributed by atoms with Crippen LogP contribution in [0.1, 0.15) is 215 Å². The molecular weight excluding hydrogens is 813 g/mol. The van der Waals surface area contributed by atoms with E-state index < -0.39 is 0 Å². The average molecular weight is 934 g/mol. The summed E-state index contributed by atoms with van der Waals surface area (Å²) in [4.78, 5) is 15.4. The van der Waals surface area contributed by atoms with Crippen molar-refractivity contribution >= 4 is 0 Å². The Morgan fingerprint density at radius 1 is 0.455 bits per heavy atom. The Morgan fingerprint density at radius 2 is 0.894 bits per heavy atom. The molecule has 5 atom stereocenters. The third-order valence-corrected chi connectivity index (χ3v) is 16.8. The molecule has 0 aromatic heterocycles. The van der Waals surface area contributed by atoms with E-state index in [-0.39, 0.29) is 13.5 Å². The first-order chi connectivity index (χ1) is 30.6. The smallest absolute Gasteiger partial charge is 0.0900 e. The monoisotopic (exact) mass is 933 g/mol. The molecule has 1 aliphatic carbocycles. The molecule has 8 rings (SSSR count). The van der Waals surface area contributed by atoms with E-state index in [1.165, 1.54) is 149 Å². The van der Waals surface area contributed by atoms with E-state index in [9.17, 15) is 5.11 Å². The highest BCUT2D eigenvalue weighted by molar-refractivity contribution is 4.95. The lowest BCUT2D eigenvalue weighted by atomic mass is 9.82. The van der Waals surface area contributed by atoms with Gasteiger partial charge in [0.25, 0.3) is 0 Å². The topological polar surface area (TPSA) is 48.9 Å². The summed E-state index contributed by atoms with van der Waals surface area (Å²) in [6.45, 7) is 50.5. The summed E-state index contributed by atoms with van der Waals surface area (Å²) in [5.74, 6) is 4.06. The van der Waals surface area contributed by atoms with Crippen LogP contribution in [-0.4, -0.2) is 168 Å². The summed E-state index contributed by atoms with van der Waals surface area (Å²) in [5, 5.41) is 9.34. The molecule has 0 aromatic rings. The first-order valence-electron chi connectivity index (χ1n) is 28.4. The van der Waals surface area contributed by atoms with Gasteiger partial charge in [-0.2, -0.15) is 0 Å². The molecule has 1 saturated carbocycles. The third kappa shape index (κ3) is 23.3. The molecule has 7 saturated heterocycles. The highest BCUT2D eigenvalue weighted by Crippen LogP contribution is 2.40. The number of ether oxygens (including phenoxy) is 1. The van der Waals surface area contributed by atoms with Gasteiger partial charge >= 0.3 is 0 Å². The molecular formula is C58H120N6O2.